The fourth-order valence-electron chi connectivity index (χ4n) is 3.04. The number of hydrogen-bond donors (Lipinski definition) is 2. The molecule has 6 nitrogen and oxygen atoms in total. The zero-order valence-corrected chi connectivity index (χ0v) is 15.1. The van der Waals surface area contributed by atoms with Crippen molar-refractivity contribution in [2.24, 2.45) is 0 Å². The van der Waals surface area contributed by atoms with Gasteiger partial charge in [-0.15, -0.1) is 0 Å². The Balaban J connectivity index is 1.94. The lowest BCUT2D eigenvalue weighted by molar-refractivity contribution is -0.136. The van der Waals surface area contributed by atoms with Crippen molar-refractivity contribution in [3.05, 3.63) is 70.9 Å². The predicted octanol–water partition coefficient (Wildman–Crippen LogP) is 3.64. The number of carbonyl (C=O) groups is 2. The molecule has 140 valence electrons. The maximum atomic E-state index is 12.3. The Morgan fingerprint density at radius 3 is 2.39 bits per heavy atom. The number of nitrogens with zero attached hydrogens (tertiary/aromatic N) is 2. The van der Waals surface area contributed by atoms with Gasteiger partial charge in [0.15, 0.2) is 11.5 Å². The van der Waals surface area contributed by atoms with Crippen LogP contribution in [-0.2, 0) is 17.6 Å². The van der Waals surface area contributed by atoms with Gasteiger partial charge in [0.05, 0.1) is 11.9 Å². The van der Waals surface area contributed by atoms with Crippen LogP contribution in [0.3, 0.4) is 0 Å². The summed E-state index contributed by atoms with van der Waals surface area (Å²) in [6.07, 6.45) is 0.934. The number of aromatic hydroxyl groups is 1. The molecule has 0 amide bonds. The highest BCUT2D eigenvalue weighted by molar-refractivity contribution is 6.02. The summed E-state index contributed by atoms with van der Waals surface area (Å²) in [5.41, 5.74) is 2.33. The minimum atomic E-state index is -1.11. The van der Waals surface area contributed by atoms with E-state index in [1.54, 1.807) is 12.1 Å². The molecule has 6 heteroatoms. The Morgan fingerprint density at radius 1 is 1.00 bits per heavy atom. The van der Waals surface area contributed by atoms with Gasteiger partial charge < -0.3 is 10.2 Å². The van der Waals surface area contributed by atoms with Crippen molar-refractivity contribution >= 4 is 22.7 Å². The lowest BCUT2D eigenvalue weighted by Gasteiger charge is -2.09. The van der Waals surface area contributed by atoms with Gasteiger partial charge in [-0.2, -0.15) is 5.26 Å². The van der Waals surface area contributed by atoms with Crippen LogP contribution in [0.15, 0.2) is 48.5 Å². The maximum Gasteiger partial charge on any atom is 0.303 e. The quantitative estimate of drug-likeness (QED) is 0.611. The number of ketones is 1. The number of aryl methyl sites for hydroxylation is 2. The third kappa shape index (κ3) is 4.15. The van der Waals surface area contributed by atoms with Gasteiger partial charge in [0, 0.05) is 11.8 Å². The first-order valence-electron chi connectivity index (χ1n) is 8.84. The molecular weight excluding hydrogens is 356 g/mol. The van der Waals surface area contributed by atoms with Gasteiger partial charge in [-0.3, -0.25) is 9.59 Å². The first-order valence-corrected chi connectivity index (χ1v) is 8.84. The van der Waals surface area contributed by atoms with Crippen LogP contribution in [0.1, 0.15) is 40.0 Å². The van der Waals surface area contributed by atoms with E-state index < -0.39 is 17.5 Å². The Hall–Kier alpha value is -3.72. The molecule has 2 aromatic carbocycles. The molecule has 2 N–H and O–H groups in total. The summed E-state index contributed by atoms with van der Waals surface area (Å²) in [7, 11) is 0. The maximum absolute atomic E-state index is 12.3. The number of aromatic nitrogens is 1. The minimum absolute atomic E-state index is 0.0294. The number of Topliss-reactive ketones (excluding diaryl/α,β-unsaturated/α-hetero) is 1. The number of carbonyl (C=O) groups excluding carboxylic acids is 1. The van der Waals surface area contributed by atoms with Crippen molar-refractivity contribution in [2.45, 2.75) is 25.7 Å². The molecule has 3 rings (SSSR count). The second-order valence-corrected chi connectivity index (χ2v) is 6.45. The van der Waals surface area contributed by atoms with Crippen LogP contribution < -0.4 is 0 Å². The number of benzene rings is 2. The van der Waals surface area contributed by atoms with E-state index in [4.69, 9.17) is 5.11 Å². The Kier molecular flexibility index (Phi) is 5.66. The molecule has 1 aromatic heterocycles. The van der Waals surface area contributed by atoms with Crippen molar-refractivity contribution in [1.82, 2.24) is 4.98 Å². The van der Waals surface area contributed by atoms with Crippen LogP contribution in [0.25, 0.3) is 10.9 Å². The van der Waals surface area contributed by atoms with E-state index in [1.807, 2.05) is 42.5 Å². The fraction of sp³-hybridized carbons (Fsp3) is 0.182. The number of rotatable bonds is 7. The predicted molar refractivity (Wildman–Crippen MR) is 103 cm³/mol. The van der Waals surface area contributed by atoms with Crippen LogP contribution in [-0.4, -0.2) is 26.9 Å². The lowest BCUT2D eigenvalue weighted by Crippen LogP contribution is -2.07. The van der Waals surface area contributed by atoms with Crippen LogP contribution in [0.5, 0.6) is 5.75 Å². The van der Waals surface area contributed by atoms with Crippen molar-refractivity contribution in [2.75, 3.05) is 0 Å². The Bertz CT molecular complexity index is 1090. The molecule has 0 saturated heterocycles. The summed E-state index contributed by atoms with van der Waals surface area (Å²) < 4.78 is 0. The van der Waals surface area contributed by atoms with E-state index in [0.717, 1.165) is 18.4 Å². The molecule has 0 spiro atoms. The average Bonchev–Trinajstić information content (AvgIpc) is 2.70. The second kappa shape index (κ2) is 8.31. The number of fused-ring (bicyclic) bond motifs is 1. The minimum Gasteiger partial charge on any atom is -0.504 e. The zero-order valence-electron chi connectivity index (χ0n) is 15.1. The monoisotopic (exact) mass is 374 g/mol. The zero-order chi connectivity index (χ0) is 20.1. The van der Waals surface area contributed by atoms with E-state index in [0.29, 0.717) is 10.9 Å². The molecule has 0 aliphatic carbocycles. The molecule has 0 aliphatic rings. The number of hydrogen-bond acceptors (Lipinski definition) is 5. The van der Waals surface area contributed by atoms with E-state index in [-0.39, 0.29) is 24.1 Å². The molecule has 0 unspecified atom stereocenters. The number of carboxylic acid groups (broad SMARTS) is 1. The van der Waals surface area contributed by atoms with Crippen LogP contribution in [0.2, 0.25) is 0 Å². The lowest BCUT2D eigenvalue weighted by atomic mass is 9.99. The standard InChI is InChI=1S/C22H18N2O4/c23-13-17-16-9-8-15(7-6-14-4-2-1-3-5-14)12-18(16)24-21(22(17)28)19(25)10-11-20(26)27/h1-5,8-9,12,28H,6-7,10-11H2,(H,26,27). The normalized spacial score (nSPS) is 10.5. The van der Waals surface area contributed by atoms with E-state index in [9.17, 15) is 20.0 Å². The summed E-state index contributed by atoms with van der Waals surface area (Å²) in [5, 5.41) is 28.9. The third-order valence-electron chi connectivity index (χ3n) is 4.51. The highest BCUT2D eigenvalue weighted by atomic mass is 16.4. The van der Waals surface area contributed by atoms with Crippen LogP contribution in [0, 0.1) is 11.3 Å². The SMILES string of the molecule is N#Cc1c(O)c(C(=O)CCC(=O)O)nc2cc(CCc3ccccc3)ccc12. The second-order valence-electron chi connectivity index (χ2n) is 6.45. The molecular formula is C22H18N2O4. The van der Waals surface area contributed by atoms with E-state index >= 15 is 0 Å². The molecule has 0 fully saturated rings. The molecule has 0 aliphatic heterocycles. The molecule has 1 heterocycles. The van der Waals surface area contributed by atoms with Gasteiger partial charge in [-0.1, -0.05) is 42.5 Å². The molecule has 0 saturated carbocycles. The third-order valence-corrected chi connectivity index (χ3v) is 4.51. The molecule has 0 bridgehead atoms. The fourth-order valence-corrected chi connectivity index (χ4v) is 3.04. The van der Waals surface area contributed by atoms with E-state index in [2.05, 4.69) is 4.98 Å². The molecule has 0 atom stereocenters. The van der Waals surface area contributed by atoms with Crippen LogP contribution in [0.4, 0.5) is 0 Å². The summed E-state index contributed by atoms with van der Waals surface area (Å²) in [5.74, 6) is -2.22. The molecule has 3 aromatic rings. The highest BCUT2D eigenvalue weighted by Gasteiger charge is 2.20. The summed E-state index contributed by atoms with van der Waals surface area (Å²) in [6, 6.07) is 17.3. The molecule has 0 radical (unpaired) electrons. The topological polar surface area (TPSA) is 111 Å². The average molecular weight is 374 g/mol. The van der Waals surface area contributed by atoms with Crippen LogP contribution >= 0.6 is 0 Å². The van der Waals surface area contributed by atoms with Gasteiger partial charge in [-0.25, -0.2) is 4.98 Å². The van der Waals surface area contributed by atoms with Gasteiger partial charge >= 0.3 is 5.97 Å². The summed E-state index contributed by atoms with van der Waals surface area (Å²) in [6.45, 7) is 0. The number of aliphatic carboxylic acids is 1. The van der Waals surface area contributed by atoms with E-state index in [1.165, 1.54) is 5.56 Å². The largest absolute Gasteiger partial charge is 0.504 e. The Morgan fingerprint density at radius 2 is 1.71 bits per heavy atom. The highest BCUT2D eigenvalue weighted by Crippen LogP contribution is 2.30. The summed E-state index contributed by atoms with van der Waals surface area (Å²) in [4.78, 5) is 27.2. The summed E-state index contributed by atoms with van der Waals surface area (Å²) >= 11 is 0. The number of pyridine rings is 1. The van der Waals surface area contributed by atoms with Gasteiger partial charge in [-0.05, 0) is 30.0 Å². The van der Waals surface area contributed by atoms with Gasteiger partial charge in [0.1, 0.15) is 17.3 Å². The first-order chi connectivity index (χ1) is 13.5. The van der Waals surface area contributed by atoms with Crippen molar-refractivity contribution < 1.29 is 19.8 Å². The smallest absolute Gasteiger partial charge is 0.303 e. The van der Waals surface area contributed by atoms with Crippen molar-refractivity contribution in [1.29, 1.82) is 5.26 Å². The van der Waals surface area contributed by atoms with Gasteiger partial charge in [0.25, 0.3) is 0 Å². The molecule has 28 heavy (non-hydrogen) atoms. The van der Waals surface area contributed by atoms with Gasteiger partial charge in [0.2, 0.25) is 0 Å². The van der Waals surface area contributed by atoms with Crippen molar-refractivity contribution in [3.8, 4) is 11.8 Å². The first kappa shape index (κ1) is 19.1. The Labute approximate surface area is 161 Å². The van der Waals surface area contributed by atoms with Crippen molar-refractivity contribution in [3.63, 3.8) is 0 Å². The number of nitriles is 1. The number of carboxylic acids is 1.